The van der Waals surface area contributed by atoms with Gasteiger partial charge in [-0.25, -0.2) is 13.4 Å². The molecule has 0 aliphatic rings. The zero-order valence-electron chi connectivity index (χ0n) is 14.6. The Morgan fingerprint density at radius 1 is 1.23 bits per heavy atom. The molecule has 0 radical (unpaired) electrons. The van der Waals surface area contributed by atoms with E-state index in [1.54, 1.807) is 35.1 Å². The maximum absolute atomic E-state index is 12.3. The smallest absolute Gasteiger partial charge is 0.191 e. The number of aromatic nitrogens is 2. The lowest BCUT2D eigenvalue weighted by Gasteiger charge is -2.11. The van der Waals surface area contributed by atoms with Gasteiger partial charge in [-0.05, 0) is 37.3 Å². The van der Waals surface area contributed by atoms with Crippen LogP contribution in [-0.2, 0) is 23.4 Å². The first-order valence-electron chi connectivity index (χ1n) is 7.90. The monoisotopic (exact) mass is 555 g/mol. The number of aliphatic imine (C=N–C) groups is 1. The van der Waals surface area contributed by atoms with Crippen molar-refractivity contribution in [1.29, 1.82) is 0 Å². The van der Waals surface area contributed by atoms with Crippen LogP contribution in [0.25, 0.3) is 0 Å². The van der Waals surface area contributed by atoms with Crippen molar-refractivity contribution in [2.45, 2.75) is 18.4 Å². The summed E-state index contributed by atoms with van der Waals surface area (Å²) < 4.78 is 27.3. The van der Waals surface area contributed by atoms with E-state index in [-0.39, 0.29) is 36.3 Å². The van der Waals surface area contributed by atoms with E-state index in [9.17, 15) is 8.42 Å². The Hall–Kier alpha value is -1.14. The molecule has 144 valence electrons. The molecule has 2 aromatic rings. The van der Waals surface area contributed by atoms with Gasteiger partial charge in [-0.1, -0.05) is 15.9 Å². The summed E-state index contributed by atoms with van der Waals surface area (Å²) in [5, 5.41) is 10.3. The highest BCUT2D eigenvalue weighted by Crippen LogP contribution is 2.15. The number of hydrogen-bond donors (Lipinski definition) is 2. The number of nitrogens with one attached hydrogen (secondary N) is 2. The lowest BCUT2D eigenvalue weighted by atomic mass is 10.4. The minimum Gasteiger partial charge on any atom is -0.357 e. The van der Waals surface area contributed by atoms with Crippen LogP contribution in [-0.4, -0.2) is 43.0 Å². The van der Waals surface area contributed by atoms with Crippen molar-refractivity contribution < 1.29 is 8.42 Å². The number of nitrogens with zero attached hydrogens (tertiary/aromatic N) is 3. The number of guanidine groups is 1. The van der Waals surface area contributed by atoms with Gasteiger partial charge in [-0.2, -0.15) is 5.10 Å². The molecule has 0 unspecified atom stereocenters. The second-order valence-corrected chi connectivity index (χ2v) is 8.37. The Labute approximate surface area is 179 Å². The van der Waals surface area contributed by atoms with Crippen LogP contribution in [0.1, 0.15) is 12.6 Å². The van der Waals surface area contributed by atoms with Crippen molar-refractivity contribution in [3.63, 3.8) is 0 Å². The molecule has 2 rings (SSSR count). The lowest BCUT2D eigenvalue weighted by Crippen LogP contribution is -2.39. The highest BCUT2D eigenvalue weighted by Gasteiger charge is 2.14. The van der Waals surface area contributed by atoms with Crippen LogP contribution >= 0.6 is 39.9 Å². The van der Waals surface area contributed by atoms with Gasteiger partial charge in [-0.3, -0.25) is 4.68 Å². The summed E-state index contributed by atoms with van der Waals surface area (Å²) in [5.74, 6) is 0.569. The number of halogens is 2. The van der Waals surface area contributed by atoms with Gasteiger partial charge < -0.3 is 10.6 Å². The predicted octanol–water partition coefficient (Wildman–Crippen LogP) is 2.33. The largest absolute Gasteiger partial charge is 0.357 e. The van der Waals surface area contributed by atoms with E-state index in [4.69, 9.17) is 0 Å². The molecule has 0 fully saturated rings. The standard InChI is InChI=1S/C16H22BrN5O2S.HI/c1-3-18-16(20-12-14-8-9-21-22(14)2)19-10-11-25(23,24)15-6-4-13(17)5-7-15;/h4-9H,3,10-12H2,1-2H3,(H2,18,19,20);1H. The van der Waals surface area contributed by atoms with Gasteiger partial charge in [0, 0.05) is 30.8 Å². The normalized spacial score (nSPS) is 11.7. The number of rotatable bonds is 7. The van der Waals surface area contributed by atoms with Crippen molar-refractivity contribution in [3.05, 3.63) is 46.7 Å². The van der Waals surface area contributed by atoms with Crippen LogP contribution < -0.4 is 10.6 Å². The molecule has 10 heteroatoms. The number of sulfone groups is 1. The van der Waals surface area contributed by atoms with Gasteiger partial charge in [0.05, 0.1) is 22.9 Å². The minimum atomic E-state index is -3.33. The Morgan fingerprint density at radius 3 is 2.50 bits per heavy atom. The average molecular weight is 556 g/mol. The molecule has 7 nitrogen and oxygen atoms in total. The van der Waals surface area contributed by atoms with E-state index in [2.05, 4.69) is 36.7 Å². The minimum absolute atomic E-state index is 0. The highest BCUT2D eigenvalue weighted by molar-refractivity contribution is 14.0. The number of benzene rings is 1. The van der Waals surface area contributed by atoms with Gasteiger partial charge in [0.25, 0.3) is 0 Å². The summed E-state index contributed by atoms with van der Waals surface area (Å²) in [6, 6.07) is 8.53. The van der Waals surface area contributed by atoms with E-state index >= 15 is 0 Å². The van der Waals surface area contributed by atoms with E-state index in [1.165, 1.54) is 0 Å². The fourth-order valence-electron chi connectivity index (χ4n) is 2.12. The summed E-state index contributed by atoms with van der Waals surface area (Å²) in [6.45, 7) is 3.39. The van der Waals surface area contributed by atoms with Gasteiger partial charge >= 0.3 is 0 Å². The van der Waals surface area contributed by atoms with Crippen LogP contribution in [0.4, 0.5) is 0 Å². The van der Waals surface area contributed by atoms with Gasteiger partial charge in [0.15, 0.2) is 15.8 Å². The Bertz CT molecular complexity index is 821. The third-order valence-electron chi connectivity index (χ3n) is 3.50. The van der Waals surface area contributed by atoms with Gasteiger partial charge in [0.2, 0.25) is 0 Å². The summed E-state index contributed by atoms with van der Waals surface area (Å²) in [6.07, 6.45) is 1.72. The van der Waals surface area contributed by atoms with Crippen LogP contribution in [0.3, 0.4) is 0 Å². The first kappa shape index (κ1) is 22.9. The van der Waals surface area contributed by atoms with Gasteiger partial charge in [0.1, 0.15) is 0 Å². The zero-order chi connectivity index (χ0) is 18.3. The van der Waals surface area contributed by atoms with Crippen LogP contribution in [0.2, 0.25) is 0 Å². The van der Waals surface area contributed by atoms with Crippen LogP contribution in [0.5, 0.6) is 0 Å². The number of hydrogen-bond acceptors (Lipinski definition) is 4. The van der Waals surface area contributed by atoms with Crippen molar-refractivity contribution >= 4 is 55.7 Å². The third kappa shape index (κ3) is 6.88. The van der Waals surface area contributed by atoms with Crippen molar-refractivity contribution in [2.24, 2.45) is 12.0 Å². The van der Waals surface area contributed by atoms with Crippen LogP contribution in [0.15, 0.2) is 50.9 Å². The van der Waals surface area contributed by atoms with Crippen molar-refractivity contribution in [2.75, 3.05) is 18.8 Å². The summed E-state index contributed by atoms with van der Waals surface area (Å²) >= 11 is 3.30. The molecule has 2 N–H and O–H groups in total. The highest BCUT2D eigenvalue weighted by atomic mass is 127. The molecule has 1 aromatic carbocycles. The SMILES string of the molecule is CCNC(=NCc1ccnn1C)NCCS(=O)(=O)c1ccc(Br)cc1.I. The summed E-state index contributed by atoms with van der Waals surface area (Å²) in [7, 11) is -1.48. The summed E-state index contributed by atoms with van der Waals surface area (Å²) in [5.41, 5.74) is 0.972. The van der Waals surface area contributed by atoms with E-state index in [0.29, 0.717) is 23.9 Å². The van der Waals surface area contributed by atoms with E-state index in [0.717, 1.165) is 10.2 Å². The molecule has 0 saturated carbocycles. The molecular formula is C16H23BrIN5O2S. The van der Waals surface area contributed by atoms with E-state index in [1.807, 2.05) is 20.0 Å². The van der Waals surface area contributed by atoms with E-state index < -0.39 is 9.84 Å². The lowest BCUT2D eigenvalue weighted by molar-refractivity contribution is 0.594. The zero-order valence-corrected chi connectivity index (χ0v) is 19.4. The average Bonchev–Trinajstić information content (AvgIpc) is 2.98. The molecule has 0 spiro atoms. The Morgan fingerprint density at radius 2 is 1.92 bits per heavy atom. The topological polar surface area (TPSA) is 88.4 Å². The first-order valence-corrected chi connectivity index (χ1v) is 10.3. The molecular weight excluding hydrogens is 533 g/mol. The molecule has 0 atom stereocenters. The quantitative estimate of drug-likeness (QED) is 0.311. The summed E-state index contributed by atoms with van der Waals surface area (Å²) in [4.78, 5) is 4.77. The molecule has 1 heterocycles. The first-order chi connectivity index (χ1) is 11.9. The van der Waals surface area contributed by atoms with Crippen molar-refractivity contribution in [1.82, 2.24) is 20.4 Å². The Balaban J connectivity index is 0.00000338. The molecule has 0 aliphatic heterocycles. The Kier molecular flexibility index (Phi) is 9.58. The maximum atomic E-state index is 12.3. The molecule has 0 amide bonds. The van der Waals surface area contributed by atoms with Crippen LogP contribution in [0, 0.1) is 0 Å². The molecule has 1 aromatic heterocycles. The van der Waals surface area contributed by atoms with Gasteiger partial charge in [-0.15, -0.1) is 24.0 Å². The maximum Gasteiger partial charge on any atom is 0.191 e. The predicted molar refractivity (Wildman–Crippen MR) is 118 cm³/mol. The molecule has 0 saturated heterocycles. The fourth-order valence-corrected chi connectivity index (χ4v) is 3.54. The van der Waals surface area contributed by atoms with Crippen molar-refractivity contribution in [3.8, 4) is 0 Å². The molecule has 0 bridgehead atoms. The second-order valence-electron chi connectivity index (χ2n) is 5.34. The molecule has 0 aliphatic carbocycles. The second kappa shape index (κ2) is 10.9. The fraction of sp³-hybridized carbons (Fsp3) is 0.375. The third-order valence-corrected chi connectivity index (χ3v) is 5.76. The molecule has 26 heavy (non-hydrogen) atoms. The number of aryl methyl sites for hydroxylation is 1.